The number of aromatic nitrogens is 3. The Morgan fingerprint density at radius 1 is 1.21 bits per heavy atom. The second-order valence-corrected chi connectivity index (χ2v) is 9.55. The molecule has 3 aromatic rings. The molecule has 4 atom stereocenters. The first-order valence-corrected chi connectivity index (χ1v) is 11.0. The first kappa shape index (κ1) is 18.7. The standard InChI is InChI=1S/C25H31N3O/c1-13(2)8-17-9-15(4)19-7-6-14(3)21-23(19)22(17)16(5)24-25(21)29-20(28-24)10-18-11-26-12-27-18/h8,11-12,14-15,17,19H,6-7,9-10H2,1-5H3,(H,26,27)/t14-,15-,17+,19+/m0/s1. The lowest BCUT2D eigenvalue weighted by Gasteiger charge is -2.42. The van der Waals surface area contributed by atoms with Crippen LogP contribution in [-0.4, -0.2) is 15.0 Å². The van der Waals surface area contributed by atoms with Gasteiger partial charge >= 0.3 is 0 Å². The van der Waals surface area contributed by atoms with Crippen LogP contribution in [-0.2, 0) is 6.42 Å². The number of allylic oxidation sites excluding steroid dienone is 2. The zero-order chi connectivity index (χ0) is 20.3. The molecular formula is C25H31N3O. The largest absolute Gasteiger partial charge is 0.440 e. The maximum absolute atomic E-state index is 6.44. The highest BCUT2D eigenvalue weighted by Gasteiger charge is 2.40. The maximum atomic E-state index is 6.44. The fourth-order valence-corrected chi connectivity index (χ4v) is 5.91. The summed E-state index contributed by atoms with van der Waals surface area (Å²) in [6.07, 6.45) is 10.5. The van der Waals surface area contributed by atoms with Gasteiger partial charge in [0.2, 0.25) is 5.89 Å². The van der Waals surface area contributed by atoms with Crippen LogP contribution in [0.3, 0.4) is 0 Å². The molecule has 0 spiro atoms. The van der Waals surface area contributed by atoms with E-state index in [0.717, 1.165) is 22.7 Å². The molecule has 2 aliphatic carbocycles. The number of rotatable bonds is 3. The molecule has 2 aliphatic rings. The van der Waals surface area contributed by atoms with Crippen molar-refractivity contribution in [3.05, 3.63) is 58.0 Å². The number of nitrogens with zero attached hydrogens (tertiary/aromatic N) is 2. The number of oxazole rings is 1. The van der Waals surface area contributed by atoms with E-state index < -0.39 is 0 Å². The van der Waals surface area contributed by atoms with Crippen LogP contribution >= 0.6 is 0 Å². The third kappa shape index (κ3) is 2.95. The van der Waals surface area contributed by atoms with Crippen LogP contribution in [0.2, 0.25) is 0 Å². The molecule has 1 N–H and O–H groups in total. The molecule has 0 amide bonds. The molecule has 1 aromatic carbocycles. The van der Waals surface area contributed by atoms with Gasteiger partial charge in [-0.05, 0) is 74.5 Å². The summed E-state index contributed by atoms with van der Waals surface area (Å²) in [5, 5.41) is 0. The Bertz CT molecular complexity index is 1090. The molecule has 2 aromatic heterocycles. The predicted molar refractivity (Wildman–Crippen MR) is 116 cm³/mol. The highest BCUT2D eigenvalue weighted by Crippen LogP contribution is 2.55. The van der Waals surface area contributed by atoms with Crippen LogP contribution in [0.25, 0.3) is 11.1 Å². The van der Waals surface area contributed by atoms with E-state index in [1.165, 1.54) is 36.0 Å². The van der Waals surface area contributed by atoms with E-state index in [0.29, 0.717) is 30.1 Å². The highest BCUT2D eigenvalue weighted by molar-refractivity contribution is 5.85. The SMILES string of the molecule is CC(C)=C[C@@H]1C[C@H](C)[C@H]2CC[C@H](C)c3c2c1c(C)c1nc(Cc2cnc[nH]2)oc31. The van der Waals surface area contributed by atoms with Crippen molar-refractivity contribution < 1.29 is 4.42 Å². The van der Waals surface area contributed by atoms with Crippen molar-refractivity contribution in [1.82, 2.24) is 15.0 Å². The van der Waals surface area contributed by atoms with Crippen LogP contribution in [0.15, 0.2) is 28.6 Å². The number of imidazole rings is 1. The number of H-pyrrole nitrogens is 1. The first-order chi connectivity index (χ1) is 13.9. The van der Waals surface area contributed by atoms with E-state index in [4.69, 9.17) is 9.40 Å². The highest BCUT2D eigenvalue weighted by atomic mass is 16.3. The van der Waals surface area contributed by atoms with E-state index >= 15 is 0 Å². The van der Waals surface area contributed by atoms with Crippen molar-refractivity contribution in [3.8, 4) is 0 Å². The second-order valence-electron chi connectivity index (χ2n) is 9.55. The van der Waals surface area contributed by atoms with Crippen molar-refractivity contribution in [3.63, 3.8) is 0 Å². The fourth-order valence-electron chi connectivity index (χ4n) is 5.91. The molecule has 0 saturated carbocycles. The Balaban J connectivity index is 1.77. The van der Waals surface area contributed by atoms with Gasteiger partial charge in [-0.2, -0.15) is 0 Å². The summed E-state index contributed by atoms with van der Waals surface area (Å²) in [5.74, 6) is 3.16. The van der Waals surface area contributed by atoms with Gasteiger partial charge in [0.25, 0.3) is 0 Å². The number of aryl methyl sites for hydroxylation is 1. The minimum absolute atomic E-state index is 0.488. The molecule has 4 heteroatoms. The van der Waals surface area contributed by atoms with E-state index in [2.05, 4.69) is 50.7 Å². The monoisotopic (exact) mass is 389 g/mol. The van der Waals surface area contributed by atoms with Crippen LogP contribution < -0.4 is 0 Å². The predicted octanol–water partition coefficient (Wildman–Crippen LogP) is 6.52. The quantitative estimate of drug-likeness (QED) is 0.519. The van der Waals surface area contributed by atoms with Crippen molar-refractivity contribution in [2.75, 3.05) is 0 Å². The van der Waals surface area contributed by atoms with Crippen LogP contribution in [0.4, 0.5) is 0 Å². The van der Waals surface area contributed by atoms with Crippen molar-refractivity contribution >= 4 is 11.1 Å². The van der Waals surface area contributed by atoms with Crippen molar-refractivity contribution in [1.29, 1.82) is 0 Å². The number of aromatic amines is 1. The van der Waals surface area contributed by atoms with Gasteiger partial charge in [-0.3, -0.25) is 0 Å². The third-order valence-electron chi connectivity index (χ3n) is 7.14. The summed E-state index contributed by atoms with van der Waals surface area (Å²) in [7, 11) is 0. The van der Waals surface area contributed by atoms with Crippen LogP contribution in [0, 0.1) is 12.8 Å². The molecule has 0 fully saturated rings. The van der Waals surface area contributed by atoms with Crippen molar-refractivity contribution in [2.45, 2.75) is 78.1 Å². The Kier molecular flexibility index (Phi) is 4.41. The summed E-state index contributed by atoms with van der Waals surface area (Å²) in [5.41, 5.74) is 10.5. The summed E-state index contributed by atoms with van der Waals surface area (Å²) in [6.45, 7) is 11.5. The summed E-state index contributed by atoms with van der Waals surface area (Å²) >= 11 is 0. The number of hydrogen-bond acceptors (Lipinski definition) is 3. The van der Waals surface area contributed by atoms with Gasteiger partial charge in [-0.1, -0.05) is 25.5 Å². The van der Waals surface area contributed by atoms with Gasteiger partial charge in [0.15, 0.2) is 5.58 Å². The van der Waals surface area contributed by atoms with E-state index in [9.17, 15) is 0 Å². The number of fused-ring (bicyclic) bond motifs is 2. The Labute approximate surface area is 172 Å². The van der Waals surface area contributed by atoms with Gasteiger partial charge in [-0.15, -0.1) is 0 Å². The zero-order valence-corrected chi connectivity index (χ0v) is 18.2. The smallest absolute Gasteiger partial charge is 0.201 e. The van der Waals surface area contributed by atoms with Crippen LogP contribution in [0.5, 0.6) is 0 Å². The Hall–Kier alpha value is -2.36. The number of nitrogens with one attached hydrogen (secondary N) is 1. The lowest BCUT2D eigenvalue weighted by molar-refractivity contribution is 0.332. The van der Waals surface area contributed by atoms with Gasteiger partial charge in [0.05, 0.1) is 12.7 Å². The molecule has 4 nitrogen and oxygen atoms in total. The average molecular weight is 390 g/mol. The summed E-state index contributed by atoms with van der Waals surface area (Å²) in [6, 6.07) is 0. The average Bonchev–Trinajstić information content (AvgIpc) is 3.31. The Morgan fingerprint density at radius 3 is 2.76 bits per heavy atom. The van der Waals surface area contributed by atoms with E-state index in [1.54, 1.807) is 17.5 Å². The molecular weight excluding hydrogens is 358 g/mol. The summed E-state index contributed by atoms with van der Waals surface area (Å²) < 4.78 is 6.44. The fraction of sp³-hybridized carbons (Fsp3) is 0.520. The van der Waals surface area contributed by atoms with Gasteiger partial charge in [0.1, 0.15) is 5.52 Å². The zero-order valence-electron chi connectivity index (χ0n) is 18.2. The molecule has 0 saturated heterocycles. The molecule has 0 aliphatic heterocycles. The molecule has 0 radical (unpaired) electrons. The lowest BCUT2D eigenvalue weighted by Crippen LogP contribution is -2.28. The molecule has 0 bridgehead atoms. The van der Waals surface area contributed by atoms with E-state index in [1.807, 2.05) is 6.20 Å². The first-order valence-electron chi connectivity index (χ1n) is 11.0. The topological polar surface area (TPSA) is 54.7 Å². The van der Waals surface area contributed by atoms with Gasteiger partial charge < -0.3 is 9.40 Å². The lowest BCUT2D eigenvalue weighted by atomic mass is 9.62. The number of benzene rings is 1. The minimum atomic E-state index is 0.488. The molecule has 152 valence electrons. The van der Waals surface area contributed by atoms with E-state index in [-0.39, 0.29) is 0 Å². The van der Waals surface area contributed by atoms with Crippen LogP contribution in [0.1, 0.15) is 98.5 Å². The van der Waals surface area contributed by atoms with Crippen molar-refractivity contribution in [2.24, 2.45) is 5.92 Å². The maximum Gasteiger partial charge on any atom is 0.201 e. The number of hydrogen-bond donors (Lipinski definition) is 1. The minimum Gasteiger partial charge on any atom is -0.440 e. The molecule has 29 heavy (non-hydrogen) atoms. The molecule has 5 rings (SSSR count). The Morgan fingerprint density at radius 2 is 2.03 bits per heavy atom. The molecule has 2 heterocycles. The second kappa shape index (κ2) is 6.86. The van der Waals surface area contributed by atoms with Gasteiger partial charge in [0, 0.05) is 23.4 Å². The normalized spacial score (nSPS) is 25.8. The third-order valence-corrected chi connectivity index (χ3v) is 7.14. The summed E-state index contributed by atoms with van der Waals surface area (Å²) in [4.78, 5) is 12.3. The molecule has 0 unspecified atom stereocenters. The van der Waals surface area contributed by atoms with Gasteiger partial charge in [-0.25, -0.2) is 9.97 Å².